The van der Waals surface area contributed by atoms with Crippen molar-refractivity contribution in [3.8, 4) is 5.75 Å². The molecule has 0 aliphatic carbocycles. The molecular weight excluding hydrogens is 326 g/mol. The van der Waals surface area contributed by atoms with Crippen LogP contribution in [0.1, 0.15) is 24.2 Å². The van der Waals surface area contributed by atoms with E-state index in [1.54, 1.807) is 28.7 Å². The van der Waals surface area contributed by atoms with Crippen LogP contribution in [-0.2, 0) is 23.0 Å². The predicted octanol–water partition coefficient (Wildman–Crippen LogP) is 1.98. The van der Waals surface area contributed by atoms with Crippen LogP contribution in [0.3, 0.4) is 0 Å². The number of hydrogen-bond donors (Lipinski definition) is 0. The van der Waals surface area contributed by atoms with Crippen molar-refractivity contribution >= 4 is 10.0 Å². The second-order valence-electron chi connectivity index (χ2n) is 6.41. The number of hydrogen-bond acceptors (Lipinski definition) is 4. The van der Waals surface area contributed by atoms with Crippen LogP contribution in [0.15, 0.2) is 35.5 Å². The number of nitrogens with zero attached hydrogens (tertiary/aromatic N) is 3. The number of aromatic nitrogens is 2. The lowest BCUT2D eigenvalue weighted by atomic mass is 10.2. The maximum atomic E-state index is 13.1. The molecule has 1 fully saturated rings. The maximum Gasteiger partial charge on any atom is 0.243 e. The fraction of sp³-hybridized carbons (Fsp3) is 0.471. The Bertz CT molecular complexity index is 860. The third kappa shape index (κ3) is 2.61. The molecule has 4 rings (SSSR count). The van der Waals surface area contributed by atoms with E-state index in [-0.39, 0.29) is 6.04 Å². The van der Waals surface area contributed by atoms with Gasteiger partial charge in [0.2, 0.25) is 10.0 Å². The average molecular weight is 347 g/mol. The van der Waals surface area contributed by atoms with Crippen molar-refractivity contribution in [2.24, 2.45) is 0 Å². The zero-order valence-corrected chi connectivity index (χ0v) is 14.5. The summed E-state index contributed by atoms with van der Waals surface area (Å²) in [7, 11) is -3.48. The Balaban J connectivity index is 1.62. The highest BCUT2D eigenvalue weighted by atomic mass is 32.2. The van der Waals surface area contributed by atoms with Crippen molar-refractivity contribution in [2.45, 2.75) is 43.7 Å². The minimum Gasteiger partial charge on any atom is -0.493 e. The first-order valence-electron chi connectivity index (χ1n) is 8.31. The van der Waals surface area contributed by atoms with Crippen LogP contribution in [0.4, 0.5) is 0 Å². The van der Waals surface area contributed by atoms with Gasteiger partial charge in [0.1, 0.15) is 11.6 Å². The Morgan fingerprint density at radius 1 is 1.38 bits per heavy atom. The van der Waals surface area contributed by atoms with Crippen molar-refractivity contribution in [3.05, 3.63) is 42.0 Å². The van der Waals surface area contributed by atoms with Gasteiger partial charge >= 0.3 is 0 Å². The highest BCUT2D eigenvalue weighted by Crippen LogP contribution is 2.32. The van der Waals surface area contributed by atoms with E-state index in [0.717, 1.165) is 36.4 Å². The predicted molar refractivity (Wildman–Crippen MR) is 89.5 cm³/mol. The highest BCUT2D eigenvalue weighted by molar-refractivity contribution is 7.89. The summed E-state index contributed by atoms with van der Waals surface area (Å²) in [6.45, 7) is 3.80. The molecule has 0 spiro atoms. The first kappa shape index (κ1) is 15.7. The largest absolute Gasteiger partial charge is 0.493 e. The third-order valence-electron chi connectivity index (χ3n) is 4.92. The molecule has 2 aliphatic heterocycles. The molecule has 0 saturated carbocycles. The molecule has 2 aliphatic rings. The standard InChI is InChI=1S/C17H21N3O3S/c1-13-18-7-9-19(13)12-15-3-2-8-20(15)24(21,22)16-4-5-17-14(11-16)6-10-23-17/h4-5,7,9,11,15H,2-3,6,8,10,12H2,1H3. The molecule has 0 N–H and O–H groups in total. The van der Waals surface area contributed by atoms with E-state index in [1.807, 2.05) is 17.7 Å². The van der Waals surface area contributed by atoms with Gasteiger partial charge in [-0.15, -0.1) is 0 Å². The van der Waals surface area contributed by atoms with Crippen LogP contribution in [0.5, 0.6) is 5.75 Å². The van der Waals surface area contributed by atoms with Gasteiger partial charge in [0.05, 0.1) is 11.5 Å². The molecule has 0 radical (unpaired) electrons. The Kier molecular flexibility index (Phi) is 3.85. The van der Waals surface area contributed by atoms with Crippen LogP contribution in [0, 0.1) is 6.92 Å². The summed E-state index contributed by atoms with van der Waals surface area (Å²) >= 11 is 0. The Morgan fingerprint density at radius 2 is 2.25 bits per heavy atom. The first-order valence-corrected chi connectivity index (χ1v) is 9.75. The van der Waals surface area contributed by atoms with E-state index in [2.05, 4.69) is 4.98 Å². The lowest BCUT2D eigenvalue weighted by Crippen LogP contribution is -2.38. The van der Waals surface area contributed by atoms with E-state index in [4.69, 9.17) is 4.74 Å². The molecule has 3 heterocycles. The third-order valence-corrected chi connectivity index (χ3v) is 6.87. The van der Waals surface area contributed by atoms with E-state index in [1.165, 1.54) is 0 Å². The van der Waals surface area contributed by atoms with E-state index in [9.17, 15) is 8.42 Å². The van der Waals surface area contributed by atoms with Crippen molar-refractivity contribution in [2.75, 3.05) is 13.2 Å². The molecule has 0 amide bonds. The number of benzene rings is 1. The number of fused-ring (bicyclic) bond motifs is 1. The van der Waals surface area contributed by atoms with Gasteiger partial charge < -0.3 is 9.30 Å². The van der Waals surface area contributed by atoms with Crippen LogP contribution in [0.25, 0.3) is 0 Å². The smallest absolute Gasteiger partial charge is 0.243 e. The van der Waals surface area contributed by atoms with Crippen LogP contribution >= 0.6 is 0 Å². The number of rotatable bonds is 4. The highest BCUT2D eigenvalue weighted by Gasteiger charge is 2.36. The molecule has 1 aromatic carbocycles. The Labute approximate surface area is 142 Å². The van der Waals surface area contributed by atoms with Crippen LogP contribution in [0.2, 0.25) is 0 Å². The molecule has 0 bridgehead atoms. The van der Waals surface area contributed by atoms with Gasteiger partial charge in [0.25, 0.3) is 0 Å². The number of aryl methyl sites for hydroxylation is 1. The van der Waals surface area contributed by atoms with Gasteiger partial charge in [-0.05, 0) is 43.5 Å². The van der Waals surface area contributed by atoms with Gasteiger partial charge in [-0.1, -0.05) is 0 Å². The lowest BCUT2D eigenvalue weighted by Gasteiger charge is -2.25. The van der Waals surface area contributed by atoms with Crippen molar-refractivity contribution in [3.63, 3.8) is 0 Å². The fourth-order valence-corrected chi connectivity index (χ4v) is 5.33. The maximum absolute atomic E-state index is 13.1. The Morgan fingerprint density at radius 3 is 3.04 bits per heavy atom. The normalized spacial score (nSPS) is 21.0. The van der Waals surface area contributed by atoms with E-state index >= 15 is 0 Å². The molecule has 1 saturated heterocycles. The molecule has 1 atom stereocenters. The average Bonchev–Trinajstić information content (AvgIpc) is 3.29. The SMILES string of the molecule is Cc1nccn1CC1CCCN1S(=O)(=O)c1ccc2c(c1)CCO2. The quantitative estimate of drug-likeness (QED) is 0.848. The van der Waals surface area contributed by atoms with Crippen LogP contribution < -0.4 is 4.74 Å². The molecule has 7 heteroatoms. The van der Waals surface area contributed by atoms with Crippen LogP contribution in [-0.4, -0.2) is 41.5 Å². The molecule has 2 aromatic rings. The molecule has 6 nitrogen and oxygen atoms in total. The van der Waals surface area contributed by atoms with Gasteiger partial charge in [0, 0.05) is 37.9 Å². The zero-order chi connectivity index (χ0) is 16.7. The molecule has 128 valence electrons. The van der Waals surface area contributed by atoms with Crippen molar-refractivity contribution < 1.29 is 13.2 Å². The number of sulfonamides is 1. The van der Waals surface area contributed by atoms with Crippen molar-refractivity contribution in [1.29, 1.82) is 0 Å². The number of imidazole rings is 1. The summed E-state index contributed by atoms with van der Waals surface area (Å²) in [6.07, 6.45) is 6.21. The molecule has 24 heavy (non-hydrogen) atoms. The summed E-state index contributed by atoms with van der Waals surface area (Å²) < 4.78 is 35.4. The summed E-state index contributed by atoms with van der Waals surface area (Å²) in [5, 5.41) is 0. The van der Waals surface area contributed by atoms with E-state index in [0.29, 0.717) is 24.6 Å². The fourth-order valence-electron chi connectivity index (χ4n) is 3.59. The summed E-state index contributed by atoms with van der Waals surface area (Å²) in [6, 6.07) is 5.19. The van der Waals surface area contributed by atoms with Gasteiger partial charge in [0.15, 0.2) is 0 Å². The first-order chi connectivity index (χ1) is 11.6. The van der Waals surface area contributed by atoms with Gasteiger partial charge in [-0.2, -0.15) is 4.31 Å². The second-order valence-corrected chi connectivity index (χ2v) is 8.30. The van der Waals surface area contributed by atoms with Crippen molar-refractivity contribution in [1.82, 2.24) is 13.9 Å². The monoisotopic (exact) mass is 347 g/mol. The van der Waals surface area contributed by atoms with Gasteiger partial charge in [-0.3, -0.25) is 0 Å². The van der Waals surface area contributed by atoms with Gasteiger partial charge in [-0.25, -0.2) is 13.4 Å². The summed E-state index contributed by atoms with van der Waals surface area (Å²) in [5.74, 6) is 1.72. The second kappa shape index (κ2) is 5.89. The minimum absolute atomic E-state index is 0.0209. The van der Waals surface area contributed by atoms with E-state index < -0.39 is 10.0 Å². The Hall–Kier alpha value is -1.86. The zero-order valence-electron chi connectivity index (χ0n) is 13.7. The lowest BCUT2D eigenvalue weighted by molar-refractivity contribution is 0.350. The molecule has 1 unspecified atom stereocenters. The summed E-state index contributed by atoms with van der Waals surface area (Å²) in [5.41, 5.74) is 0.984. The molecule has 1 aromatic heterocycles. The topological polar surface area (TPSA) is 64.4 Å². The molecular formula is C17H21N3O3S. The summed E-state index contributed by atoms with van der Waals surface area (Å²) in [4.78, 5) is 4.60. The minimum atomic E-state index is -3.48. The number of ether oxygens (including phenoxy) is 1.